The lowest BCUT2D eigenvalue weighted by Gasteiger charge is -2.20. The molecule has 0 radical (unpaired) electrons. The van der Waals surface area contributed by atoms with E-state index in [1.165, 1.54) is 4.90 Å². The van der Waals surface area contributed by atoms with Crippen LogP contribution in [0, 0.1) is 6.92 Å². The average Bonchev–Trinajstić information content (AvgIpc) is 3.09. The van der Waals surface area contributed by atoms with Crippen LogP contribution in [0.1, 0.15) is 11.1 Å². The molecule has 1 saturated heterocycles. The van der Waals surface area contributed by atoms with Crippen LogP contribution in [0.5, 0.6) is 0 Å². The Labute approximate surface area is 139 Å². The highest BCUT2D eigenvalue weighted by molar-refractivity contribution is 6.25. The summed E-state index contributed by atoms with van der Waals surface area (Å²) in [5.41, 5.74) is 2.75. The van der Waals surface area contributed by atoms with Gasteiger partial charge >= 0.3 is 0 Å². The number of hydrogen-bond acceptors (Lipinski definition) is 5. The van der Waals surface area contributed by atoms with Crippen molar-refractivity contribution in [2.75, 3.05) is 4.90 Å². The molecule has 2 aromatic carbocycles. The van der Waals surface area contributed by atoms with E-state index in [1.807, 2.05) is 37.3 Å². The summed E-state index contributed by atoms with van der Waals surface area (Å²) in [6.45, 7) is 2.47. The normalized spacial score (nSPS) is 22.4. The third-order valence-electron chi connectivity index (χ3n) is 4.30. The summed E-state index contributed by atoms with van der Waals surface area (Å²) in [5, 5.41) is 9.72. The monoisotopic (exact) mass is 320 g/mol. The lowest BCUT2D eigenvalue weighted by Crippen LogP contribution is -2.39. The minimum absolute atomic E-state index is 0.270. The molecule has 24 heavy (non-hydrogen) atoms. The van der Waals surface area contributed by atoms with Crippen LogP contribution >= 0.6 is 0 Å². The van der Waals surface area contributed by atoms with E-state index in [4.69, 9.17) is 0 Å². The van der Waals surface area contributed by atoms with E-state index < -0.39 is 12.1 Å². The number of benzene rings is 2. The Bertz CT molecular complexity index is 834. The minimum atomic E-state index is -0.748. The molecule has 2 aromatic rings. The summed E-state index contributed by atoms with van der Waals surface area (Å²) in [6, 6.07) is 15.5. The highest BCUT2D eigenvalue weighted by Gasteiger charge is 2.54. The SMILES string of the molecule is Cc1cccc(CN2N=N[C@@H]3C(=O)N(c4ccccc4)C(=O)[C@H]32)c1. The van der Waals surface area contributed by atoms with Crippen molar-refractivity contribution >= 4 is 17.5 Å². The van der Waals surface area contributed by atoms with Crippen molar-refractivity contribution in [1.29, 1.82) is 0 Å². The van der Waals surface area contributed by atoms with Gasteiger partial charge in [-0.05, 0) is 24.6 Å². The number of anilines is 1. The van der Waals surface area contributed by atoms with E-state index in [9.17, 15) is 9.59 Å². The standard InChI is InChI=1S/C18H16N4O2/c1-12-6-5-7-13(10-12)11-21-16-15(19-20-21)17(23)22(18(16)24)14-8-3-2-4-9-14/h2-10,15-16H,11H2,1H3/t15-,16-/m0/s1. The second kappa shape index (κ2) is 5.56. The molecule has 6 nitrogen and oxygen atoms in total. The van der Waals surface area contributed by atoms with Gasteiger partial charge in [0.1, 0.15) is 0 Å². The zero-order chi connectivity index (χ0) is 16.7. The van der Waals surface area contributed by atoms with Crippen molar-refractivity contribution in [3.63, 3.8) is 0 Å². The molecule has 2 atom stereocenters. The Morgan fingerprint density at radius 1 is 1.00 bits per heavy atom. The highest BCUT2D eigenvalue weighted by Crippen LogP contribution is 2.32. The molecular formula is C18H16N4O2. The zero-order valence-corrected chi connectivity index (χ0v) is 13.2. The average molecular weight is 320 g/mol. The Balaban J connectivity index is 1.61. The third kappa shape index (κ3) is 2.27. The lowest BCUT2D eigenvalue weighted by molar-refractivity contribution is -0.123. The number of carbonyl (C=O) groups excluding carboxylic acids is 2. The van der Waals surface area contributed by atoms with Crippen molar-refractivity contribution in [2.24, 2.45) is 10.3 Å². The summed E-state index contributed by atoms with van der Waals surface area (Å²) in [5.74, 6) is -0.583. The Hall–Kier alpha value is -3.02. The first-order chi connectivity index (χ1) is 11.6. The zero-order valence-electron chi connectivity index (χ0n) is 13.2. The summed E-state index contributed by atoms with van der Waals surface area (Å²) in [4.78, 5) is 26.6. The van der Waals surface area contributed by atoms with Gasteiger partial charge in [0.05, 0.1) is 12.2 Å². The molecule has 1 fully saturated rings. The van der Waals surface area contributed by atoms with E-state index in [-0.39, 0.29) is 11.8 Å². The summed E-state index contributed by atoms with van der Waals surface area (Å²) < 4.78 is 0. The largest absolute Gasteiger partial charge is 0.271 e. The van der Waals surface area contributed by atoms with Gasteiger partial charge in [0.25, 0.3) is 11.8 Å². The number of carbonyl (C=O) groups is 2. The maximum Gasteiger partial charge on any atom is 0.263 e. The Morgan fingerprint density at radius 3 is 2.54 bits per heavy atom. The lowest BCUT2D eigenvalue weighted by atomic mass is 10.1. The second-order valence-corrected chi connectivity index (χ2v) is 6.03. The van der Waals surface area contributed by atoms with Crippen LogP contribution in [0.15, 0.2) is 64.9 Å². The highest BCUT2D eigenvalue weighted by atomic mass is 16.2. The smallest absolute Gasteiger partial charge is 0.263 e. The summed E-state index contributed by atoms with van der Waals surface area (Å²) >= 11 is 0. The van der Waals surface area contributed by atoms with E-state index in [1.54, 1.807) is 29.3 Å². The number of hydrogen-bond donors (Lipinski definition) is 0. The quantitative estimate of drug-likeness (QED) is 0.816. The van der Waals surface area contributed by atoms with Crippen molar-refractivity contribution < 1.29 is 9.59 Å². The molecule has 120 valence electrons. The third-order valence-corrected chi connectivity index (χ3v) is 4.30. The van der Waals surface area contributed by atoms with Crippen molar-refractivity contribution in [2.45, 2.75) is 25.6 Å². The van der Waals surface area contributed by atoms with Crippen LogP contribution in [0.25, 0.3) is 0 Å². The predicted octanol–water partition coefficient (Wildman–Crippen LogP) is 2.49. The van der Waals surface area contributed by atoms with E-state index in [0.29, 0.717) is 12.2 Å². The molecular weight excluding hydrogens is 304 g/mol. The fraction of sp³-hybridized carbons (Fsp3) is 0.222. The van der Waals surface area contributed by atoms with Gasteiger partial charge in [-0.25, -0.2) is 4.90 Å². The van der Waals surface area contributed by atoms with Gasteiger partial charge in [-0.15, -0.1) is 0 Å². The number of fused-ring (bicyclic) bond motifs is 1. The Kier molecular flexibility index (Phi) is 3.37. The second-order valence-electron chi connectivity index (χ2n) is 6.03. The Morgan fingerprint density at radius 2 is 1.79 bits per heavy atom. The molecule has 0 aromatic heterocycles. The maximum absolute atomic E-state index is 12.8. The number of rotatable bonds is 3. The molecule has 0 unspecified atom stereocenters. The molecule has 2 aliphatic heterocycles. The number of para-hydroxylation sites is 1. The number of aryl methyl sites for hydroxylation is 1. The van der Waals surface area contributed by atoms with Crippen molar-refractivity contribution in [3.05, 3.63) is 65.7 Å². The molecule has 0 bridgehead atoms. The molecule has 6 heteroatoms. The fourth-order valence-corrected chi connectivity index (χ4v) is 3.18. The number of imide groups is 1. The van der Waals surface area contributed by atoms with E-state index in [0.717, 1.165) is 11.1 Å². The van der Waals surface area contributed by atoms with E-state index in [2.05, 4.69) is 10.3 Å². The van der Waals surface area contributed by atoms with Gasteiger partial charge in [0.15, 0.2) is 12.1 Å². The molecule has 4 rings (SSSR count). The van der Waals surface area contributed by atoms with Gasteiger partial charge in [-0.2, -0.15) is 5.11 Å². The van der Waals surface area contributed by atoms with Crippen LogP contribution in [-0.2, 0) is 16.1 Å². The van der Waals surface area contributed by atoms with Crippen LogP contribution in [0.4, 0.5) is 5.69 Å². The molecule has 0 spiro atoms. The number of amides is 2. The van der Waals surface area contributed by atoms with Crippen LogP contribution in [-0.4, -0.2) is 28.9 Å². The molecule has 2 aliphatic rings. The number of nitrogens with zero attached hydrogens (tertiary/aromatic N) is 4. The first-order valence-corrected chi connectivity index (χ1v) is 7.81. The predicted molar refractivity (Wildman–Crippen MR) is 88.1 cm³/mol. The van der Waals surface area contributed by atoms with Crippen molar-refractivity contribution in [3.8, 4) is 0 Å². The van der Waals surface area contributed by atoms with Gasteiger partial charge < -0.3 is 0 Å². The summed E-state index contributed by atoms with van der Waals surface area (Å²) in [7, 11) is 0. The molecule has 0 saturated carbocycles. The summed E-state index contributed by atoms with van der Waals surface area (Å²) in [6.07, 6.45) is 0. The minimum Gasteiger partial charge on any atom is -0.271 e. The first kappa shape index (κ1) is 14.6. The van der Waals surface area contributed by atoms with Gasteiger partial charge in [-0.1, -0.05) is 53.3 Å². The van der Waals surface area contributed by atoms with Gasteiger partial charge in [0.2, 0.25) is 0 Å². The molecule has 0 aliphatic carbocycles. The van der Waals surface area contributed by atoms with Gasteiger partial charge in [0, 0.05) is 0 Å². The van der Waals surface area contributed by atoms with Crippen LogP contribution < -0.4 is 4.90 Å². The molecule has 2 heterocycles. The van der Waals surface area contributed by atoms with Crippen LogP contribution in [0.2, 0.25) is 0 Å². The maximum atomic E-state index is 12.8. The molecule has 0 N–H and O–H groups in total. The van der Waals surface area contributed by atoms with E-state index >= 15 is 0 Å². The first-order valence-electron chi connectivity index (χ1n) is 7.81. The van der Waals surface area contributed by atoms with Crippen LogP contribution in [0.3, 0.4) is 0 Å². The van der Waals surface area contributed by atoms with Crippen molar-refractivity contribution in [1.82, 2.24) is 5.01 Å². The van der Waals surface area contributed by atoms with Gasteiger partial charge in [-0.3, -0.25) is 14.6 Å². The molecule has 2 amide bonds. The topological polar surface area (TPSA) is 65.3 Å². The fourth-order valence-electron chi connectivity index (χ4n) is 3.18.